The second kappa shape index (κ2) is 6.69. The first kappa shape index (κ1) is 16.8. The SMILES string of the molecule is C[C@@H]1CCc2c(sc3nc(SCc4cc(-c5ccco5)on4)[nH]c(=O)c23)C1. The van der Waals surface area contributed by atoms with Crippen molar-refractivity contribution in [2.45, 2.75) is 37.1 Å². The van der Waals surface area contributed by atoms with Gasteiger partial charge in [0, 0.05) is 16.7 Å². The maximum Gasteiger partial charge on any atom is 0.260 e. The molecule has 0 bridgehead atoms. The van der Waals surface area contributed by atoms with Crippen LogP contribution in [0, 0.1) is 5.92 Å². The van der Waals surface area contributed by atoms with Gasteiger partial charge in [-0.25, -0.2) is 4.98 Å². The zero-order valence-corrected chi connectivity index (χ0v) is 16.3. The molecule has 5 rings (SSSR count). The Labute approximate surface area is 163 Å². The number of aromatic nitrogens is 3. The van der Waals surface area contributed by atoms with Crippen molar-refractivity contribution in [1.29, 1.82) is 0 Å². The van der Waals surface area contributed by atoms with Crippen molar-refractivity contribution in [3.8, 4) is 11.5 Å². The molecule has 27 heavy (non-hydrogen) atoms. The van der Waals surface area contributed by atoms with Gasteiger partial charge in [-0.05, 0) is 42.9 Å². The zero-order chi connectivity index (χ0) is 18.4. The summed E-state index contributed by atoms with van der Waals surface area (Å²) in [5, 5.41) is 5.46. The molecule has 4 aromatic heterocycles. The van der Waals surface area contributed by atoms with Crippen molar-refractivity contribution < 1.29 is 8.94 Å². The maximum atomic E-state index is 12.6. The highest BCUT2D eigenvalue weighted by atomic mass is 32.2. The van der Waals surface area contributed by atoms with Crippen molar-refractivity contribution in [2.75, 3.05) is 0 Å². The van der Waals surface area contributed by atoms with Gasteiger partial charge in [0.15, 0.2) is 10.9 Å². The Morgan fingerprint density at radius 1 is 1.41 bits per heavy atom. The highest BCUT2D eigenvalue weighted by Gasteiger charge is 2.23. The van der Waals surface area contributed by atoms with Gasteiger partial charge in [-0.3, -0.25) is 4.79 Å². The average molecular weight is 399 g/mol. The predicted octanol–water partition coefficient (Wildman–Crippen LogP) is 4.65. The van der Waals surface area contributed by atoms with E-state index in [-0.39, 0.29) is 5.56 Å². The number of H-pyrrole nitrogens is 1. The van der Waals surface area contributed by atoms with Crippen LogP contribution in [0.3, 0.4) is 0 Å². The third kappa shape index (κ3) is 3.12. The van der Waals surface area contributed by atoms with E-state index in [1.54, 1.807) is 23.7 Å². The number of nitrogens with zero attached hydrogens (tertiary/aromatic N) is 2. The van der Waals surface area contributed by atoms with Crippen LogP contribution in [-0.4, -0.2) is 15.1 Å². The molecule has 1 atom stereocenters. The maximum absolute atomic E-state index is 12.6. The molecule has 4 heterocycles. The second-order valence-electron chi connectivity index (χ2n) is 6.85. The van der Waals surface area contributed by atoms with E-state index in [0.29, 0.717) is 28.3 Å². The largest absolute Gasteiger partial charge is 0.461 e. The molecule has 1 aliphatic rings. The van der Waals surface area contributed by atoms with Gasteiger partial charge < -0.3 is 13.9 Å². The molecule has 0 fully saturated rings. The third-order valence-electron chi connectivity index (χ3n) is 4.82. The smallest absolute Gasteiger partial charge is 0.260 e. The van der Waals surface area contributed by atoms with E-state index in [9.17, 15) is 4.79 Å². The molecule has 0 saturated heterocycles. The van der Waals surface area contributed by atoms with E-state index in [1.165, 1.54) is 22.2 Å². The predicted molar refractivity (Wildman–Crippen MR) is 105 cm³/mol. The fourth-order valence-electron chi connectivity index (χ4n) is 3.45. The Morgan fingerprint density at radius 2 is 2.33 bits per heavy atom. The van der Waals surface area contributed by atoms with Crippen molar-refractivity contribution in [3.63, 3.8) is 0 Å². The Balaban J connectivity index is 1.39. The molecule has 138 valence electrons. The number of rotatable bonds is 4. The molecule has 1 N–H and O–H groups in total. The molecule has 0 unspecified atom stereocenters. The van der Waals surface area contributed by atoms with Crippen LogP contribution in [0.1, 0.15) is 29.5 Å². The summed E-state index contributed by atoms with van der Waals surface area (Å²) in [4.78, 5) is 22.4. The summed E-state index contributed by atoms with van der Waals surface area (Å²) in [6.45, 7) is 2.27. The first-order valence-corrected chi connectivity index (χ1v) is 10.6. The number of fused-ring (bicyclic) bond motifs is 3. The fraction of sp³-hybridized carbons (Fsp3) is 0.316. The van der Waals surface area contributed by atoms with Crippen LogP contribution in [0.5, 0.6) is 0 Å². The lowest BCUT2D eigenvalue weighted by molar-refractivity contribution is 0.413. The molecular formula is C19H17N3O3S2. The highest BCUT2D eigenvalue weighted by molar-refractivity contribution is 7.98. The van der Waals surface area contributed by atoms with Gasteiger partial charge in [-0.15, -0.1) is 11.3 Å². The lowest BCUT2D eigenvalue weighted by Crippen LogP contribution is -2.13. The number of aromatic amines is 1. The molecular weight excluding hydrogens is 382 g/mol. The summed E-state index contributed by atoms with van der Waals surface area (Å²) in [5.74, 6) is 2.47. The summed E-state index contributed by atoms with van der Waals surface area (Å²) >= 11 is 3.11. The molecule has 4 aromatic rings. The highest BCUT2D eigenvalue weighted by Crippen LogP contribution is 2.36. The quantitative estimate of drug-likeness (QED) is 0.397. The van der Waals surface area contributed by atoms with Crippen molar-refractivity contribution >= 4 is 33.3 Å². The normalized spacial score (nSPS) is 16.7. The number of furan rings is 1. The van der Waals surface area contributed by atoms with Gasteiger partial charge in [0.2, 0.25) is 5.76 Å². The molecule has 0 saturated carbocycles. The fourth-order valence-corrected chi connectivity index (χ4v) is 5.64. The van der Waals surface area contributed by atoms with E-state index in [0.717, 1.165) is 35.2 Å². The summed E-state index contributed by atoms with van der Waals surface area (Å²) < 4.78 is 10.6. The van der Waals surface area contributed by atoms with Crippen LogP contribution in [0.25, 0.3) is 21.7 Å². The van der Waals surface area contributed by atoms with Gasteiger partial charge >= 0.3 is 0 Å². The molecule has 6 nitrogen and oxygen atoms in total. The lowest BCUT2D eigenvalue weighted by Gasteiger charge is -2.17. The Morgan fingerprint density at radius 3 is 3.19 bits per heavy atom. The molecule has 0 radical (unpaired) electrons. The number of thioether (sulfide) groups is 1. The number of aryl methyl sites for hydroxylation is 1. The minimum Gasteiger partial charge on any atom is -0.461 e. The Bertz CT molecular complexity index is 1160. The number of thiophene rings is 1. The summed E-state index contributed by atoms with van der Waals surface area (Å²) in [7, 11) is 0. The van der Waals surface area contributed by atoms with Crippen molar-refractivity contribution in [3.05, 3.63) is 51.0 Å². The number of hydrogen-bond acceptors (Lipinski definition) is 7. The van der Waals surface area contributed by atoms with Gasteiger partial charge in [0.05, 0.1) is 17.3 Å². The Hall–Kier alpha value is -2.32. The first-order valence-electron chi connectivity index (χ1n) is 8.84. The monoisotopic (exact) mass is 399 g/mol. The van der Waals surface area contributed by atoms with Crippen LogP contribution < -0.4 is 5.56 Å². The van der Waals surface area contributed by atoms with Crippen LogP contribution in [-0.2, 0) is 18.6 Å². The van der Waals surface area contributed by atoms with Gasteiger partial charge in [0.25, 0.3) is 5.56 Å². The van der Waals surface area contributed by atoms with Gasteiger partial charge in [-0.1, -0.05) is 23.8 Å². The van der Waals surface area contributed by atoms with Crippen LogP contribution >= 0.6 is 23.1 Å². The molecule has 8 heteroatoms. The molecule has 1 aliphatic carbocycles. The molecule has 0 spiro atoms. The second-order valence-corrected chi connectivity index (χ2v) is 8.90. The zero-order valence-electron chi connectivity index (χ0n) is 14.7. The van der Waals surface area contributed by atoms with E-state index in [2.05, 4.69) is 22.0 Å². The minimum absolute atomic E-state index is 0.0361. The van der Waals surface area contributed by atoms with E-state index in [1.807, 2.05) is 12.1 Å². The molecule has 0 aliphatic heterocycles. The van der Waals surface area contributed by atoms with Crippen molar-refractivity contribution in [2.24, 2.45) is 5.92 Å². The molecule has 0 aromatic carbocycles. The summed E-state index contributed by atoms with van der Waals surface area (Å²) in [6, 6.07) is 5.47. The van der Waals surface area contributed by atoms with Crippen molar-refractivity contribution in [1.82, 2.24) is 15.1 Å². The van der Waals surface area contributed by atoms with Crippen LogP contribution in [0.2, 0.25) is 0 Å². The summed E-state index contributed by atoms with van der Waals surface area (Å²) in [5.41, 5.74) is 1.94. The lowest BCUT2D eigenvalue weighted by atomic mass is 9.89. The molecule has 0 amide bonds. The van der Waals surface area contributed by atoms with Gasteiger partial charge in [-0.2, -0.15) is 0 Å². The topological polar surface area (TPSA) is 84.9 Å². The van der Waals surface area contributed by atoms with Crippen LogP contribution in [0.15, 0.2) is 43.4 Å². The Kier molecular flexibility index (Phi) is 4.17. The minimum atomic E-state index is -0.0361. The van der Waals surface area contributed by atoms with Gasteiger partial charge in [0.1, 0.15) is 4.83 Å². The van der Waals surface area contributed by atoms with E-state index >= 15 is 0 Å². The standard InChI is InChI=1S/C19H17N3O3S2/c1-10-4-5-12-15(7-10)27-18-16(12)17(23)20-19(21-18)26-9-11-8-14(25-22-11)13-3-2-6-24-13/h2-3,6,8,10H,4-5,7,9H2,1H3,(H,20,21,23)/t10-/m1/s1. The summed E-state index contributed by atoms with van der Waals surface area (Å²) in [6.07, 6.45) is 4.76. The van der Waals surface area contributed by atoms with E-state index < -0.39 is 0 Å². The average Bonchev–Trinajstić information content (AvgIpc) is 3.38. The van der Waals surface area contributed by atoms with E-state index in [4.69, 9.17) is 8.94 Å². The number of hydrogen-bond donors (Lipinski definition) is 1. The first-order chi connectivity index (χ1) is 13.2. The third-order valence-corrected chi connectivity index (χ3v) is 6.88. The van der Waals surface area contributed by atoms with Crippen LogP contribution in [0.4, 0.5) is 0 Å². The number of nitrogens with one attached hydrogen (secondary N) is 1.